The van der Waals surface area contributed by atoms with Crippen molar-refractivity contribution >= 4 is 24.7 Å². The highest BCUT2D eigenvalue weighted by Crippen LogP contribution is 2.68. The first-order valence-electron chi connectivity index (χ1n) is 18.3. The number of carbonyl (C=O) groups is 1. The maximum atomic E-state index is 13.4. The van der Waals surface area contributed by atoms with E-state index in [1.54, 1.807) is 0 Å². The molecule has 0 spiro atoms. The predicted molar refractivity (Wildman–Crippen MR) is 196 cm³/mol. The van der Waals surface area contributed by atoms with E-state index in [1.807, 2.05) is 12.1 Å². The Bertz CT molecular complexity index is 1360. The average molecular weight is 659 g/mol. The van der Waals surface area contributed by atoms with Crippen LogP contribution in [0.5, 0.6) is 0 Å². The maximum Gasteiger partial charge on any atom is 0.311 e. The summed E-state index contributed by atoms with van der Waals surface area (Å²) in [4.78, 5) is 13.4. The van der Waals surface area contributed by atoms with Crippen molar-refractivity contribution in [3.8, 4) is 0 Å². The molecule has 3 aliphatic rings. The van der Waals surface area contributed by atoms with Gasteiger partial charge in [-0.1, -0.05) is 127 Å². The molecule has 2 saturated carbocycles. The maximum absolute atomic E-state index is 13.4. The Morgan fingerprint density at radius 1 is 0.915 bits per heavy atom. The molecule has 0 amide bonds. The summed E-state index contributed by atoms with van der Waals surface area (Å²) in [5, 5.41) is 14.0. The van der Waals surface area contributed by atoms with Gasteiger partial charge in [-0.15, -0.1) is 0 Å². The zero-order valence-corrected chi connectivity index (χ0v) is 31.8. The highest BCUT2D eigenvalue weighted by Gasteiger charge is 2.60. The fraction of sp³-hybridized carbons (Fsp3) is 0.643. The molecule has 2 aromatic rings. The highest BCUT2D eigenvalue weighted by atomic mass is 28.4. The van der Waals surface area contributed by atoms with Crippen LogP contribution in [0.15, 0.2) is 72.3 Å². The van der Waals surface area contributed by atoms with E-state index >= 15 is 0 Å². The van der Waals surface area contributed by atoms with E-state index in [4.69, 9.17) is 9.16 Å². The van der Waals surface area contributed by atoms with Crippen LogP contribution >= 0.6 is 0 Å². The Hall–Kier alpha value is -2.21. The molecular formula is C42H62O4Si. The van der Waals surface area contributed by atoms with E-state index in [1.165, 1.54) is 44.8 Å². The fourth-order valence-corrected chi connectivity index (χ4v) is 15.8. The summed E-state index contributed by atoms with van der Waals surface area (Å²) >= 11 is 0. The van der Waals surface area contributed by atoms with Crippen molar-refractivity contribution in [2.75, 3.05) is 13.7 Å². The van der Waals surface area contributed by atoms with Crippen LogP contribution < -0.4 is 10.4 Å². The standard InChI is InChI=1S/C42H62O4Si/c1-30-21-24-37-41(7,28-25-36-40(5,6)26-16-27-42(36,37)8)34(30)23-22-33(38(44)45-9)35(43)29-46-47(39(2,3)4,31-17-12-10-13-18-31)32-19-14-11-15-20-32/h10-15,17-21,33-37,43H,16,22-29H2,1-9H3/t33?,34-,35?,36+,37+,41+,42+/m0/s1. The van der Waals surface area contributed by atoms with Crippen molar-refractivity contribution in [3.05, 3.63) is 72.3 Å². The van der Waals surface area contributed by atoms with Crippen LogP contribution in [0.1, 0.15) is 107 Å². The lowest BCUT2D eigenvalue weighted by Crippen LogP contribution is -2.67. The zero-order valence-electron chi connectivity index (χ0n) is 30.8. The molecule has 2 aromatic carbocycles. The molecule has 2 unspecified atom stereocenters. The first kappa shape index (κ1) is 36.1. The number of benzene rings is 2. The third kappa shape index (κ3) is 6.46. The molecule has 5 heteroatoms. The molecule has 7 atom stereocenters. The number of aliphatic hydroxyl groups is 1. The summed E-state index contributed by atoms with van der Waals surface area (Å²) in [6.45, 7) is 19.3. The number of aliphatic hydroxyl groups excluding tert-OH is 1. The lowest BCUT2D eigenvalue weighted by Gasteiger charge is -2.65. The Morgan fingerprint density at radius 3 is 2.06 bits per heavy atom. The van der Waals surface area contributed by atoms with Crippen LogP contribution in [0.4, 0.5) is 0 Å². The molecule has 0 bridgehead atoms. The van der Waals surface area contributed by atoms with E-state index in [0.29, 0.717) is 29.1 Å². The molecule has 3 aliphatic carbocycles. The van der Waals surface area contributed by atoms with Crippen LogP contribution in [0.2, 0.25) is 5.04 Å². The van der Waals surface area contributed by atoms with Crippen molar-refractivity contribution < 1.29 is 19.1 Å². The summed E-state index contributed by atoms with van der Waals surface area (Å²) in [7, 11) is -1.42. The molecule has 0 aromatic heterocycles. The second-order valence-corrected chi connectivity index (χ2v) is 21.8. The minimum Gasteiger partial charge on any atom is -0.469 e. The second kappa shape index (κ2) is 13.6. The third-order valence-corrected chi connectivity index (χ3v) is 18.5. The molecule has 0 saturated heterocycles. The van der Waals surface area contributed by atoms with E-state index in [9.17, 15) is 9.90 Å². The summed E-state index contributed by atoms with van der Waals surface area (Å²) in [6.07, 6.45) is 10.7. The molecule has 0 radical (unpaired) electrons. The van der Waals surface area contributed by atoms with Crippen molar-refractivity contribution in [3.63, 3.8) is 0 Å². The lowest BCUT2D eigenvalue weighted by molar-refractivity contribution is -0.154. The summed E-state index contributed by atoms with van der Waals surface area (Å²) in [5.74, 6) is 0.809. The number of fused-ring (bicyclic) bond motifs is 3. The summed E-state index contributed by atoms with van der Waals surface area (Å²) < 4.78 is 12.4. The van der Waals surface area contributed by atoms with Crippen LogP contribution in [0.25, 0.3) is 0 Å². The summed E-state index contributed by atoms with van der Waals surface area (Å²) in [5.41, 5.74) is 2.39. The van der Waals surface area contributed by atoms with Gasteiger partial charge in [-0.05, 0) is 101 Å². The second-order valence-electron chi connectivity index (χ2n) is 17.5. The molecule has 47 heavy (non-hydrogen) atoms. The minimum atomic E-state index is -2.86. The monoisotopic (exact) mass is 658 g/mol. The van der Waals surface area contributed by atoms with Gasteiger partial charge in [0.1, 0.15) is 0 Å². The van der Waals surface area contributed by atoms with Gasteiger partial charge in [-0.3, -0.25) is 4.79 Å². The number of ether oxygens (including phenoxy) is 1. The van der Waals surface area contributed by atoms with Crippen molar-refractivity contribution in [1.82, 2.24) is 0 Å². The number of rotatable bonds is 10. The molecule has 5 rings (SSSR count). The first-order chi connectivity index (χ1) is 22.1. The van der Waals surface area contributed by atoms with E-state index in [0.717, 1.165) is 29.1 Å². The topological polar surface area (TPSA) is 55.8 Å². The van der Waals surface area contributed by atoms with Crippen LogP contribution in [0.3, 0.4) is 0 Å². The number of esters is 1. The number of methoxy groups -OCH3 is 1. The molecule has 258 valence electrons. The Labute approximate surface area is 286 Å². The van der Waals surface area contributed by atoms with Gasteiger partial charge in [0, 0.05) is 0 Å². The van der Waals surface area contributed by atoms with Gasteiger partial charge in [-0.25, -0.2) is 0 Å². The molecule has 0 aliphatic heterocycles. The van der Waals surface area contributed by atoms with Crippen LogP contribution in [-0.4, -0.2) is 39.2 Å². The lowest BCUT2D eigenvalue weighted by atomic mass is 9.39. The normalized spacial score (nSPS) is 30.3. The quantitative estimate of drug-likeness (QED) is 0.158. The fourth-order valence-electron chi connectivity index (χ4n) is 11.2. The molecule has 1 N–H and O–H groups in total. The van der Waals surface area contributed by atoms with E-state index in [2.05, 4.69) is 110 Å². The van der Waals surface area contributed by atoms with Crippen molar-refractivity contribution in [2.45, 2.75) is 118 Å². The Morgan fingerprint density at radius 2 is 1.51 bits per heavy atom. The number of hydrogen-bond acceptors (Lipinski definition) is 4. The smallest absolute Gasteiger partial charge is 0.311 e. The largest absolute Gasteiger partial charge is 0.469 e. The van der Waals surface area contributed by atoms with Crippen LogP contribution in [-0.2, 0) is 14.0 Å². The number of hydrogen-bond donors (Lipinski definition) is 1. The first-order valence-corrected chi connectivity index (χ1v) is 20.2. The van der Waals surface area contributed by atoms with Crippen LogP contribution in [0, 0.1) is 39.9 Å². The van der Waals surface area contributed by atoms with Gasteiger partial charge in [0.25, 0.3) is 8.32 Å². The Kier molecular flexibility index (Phi) is 10.4. The third-order valence-electron chi connectivity index (χ3n) is 13.5. The highest BCUT2D eigenvalue weighted by molar-refractivity contribution is 6.99. The SMILES string of the molecule is COC(=O)C(CC[C@H]1C(C)=CC[C@H]2[C@]3(C)CCCC(C)(C)[C@H]3CC[C@@]21C)C(O)CO[Si](c1ccccc1)(c1ccccc1)C(C)(C)C. The minimum absolute atomic E-state index is 0.0846. The summed E-state index contributed by atoms with van der Waals surface area (Å²) in [6, 6.07) is 21.0. The van der Waals surface area contributed by atoms with Gasteiger partial charge in [0.15, 0.2) is 0 Å². The number of carbonyl (C=O) groups excluding carboxylic acids is 1. The van der Waals surface area contributed by atoms with E-state index < -0.39 is 20.3 Å². The van der Waals surface area contributed by atoms with Gasteiger partial charge < -0.3 is 14.3 Å². The van der Waals surface area contributed by atoms with Gasteiger partial charge >= 0.3 is 5.97 Å². The molecule has 2 fully saturated rings. The molecule has 4 nitrogen and oxygen atoms in total. The predicted octanol–water partition coefficient (Wildman–Crippen LogP) is 8.71. The van der Waals surface area contributed by atoms with Gasteiger partial charge in [0.05, 0.1) is 25.7 Å². The van der Waals surface area contributed by atoms with Gasteiger partial charge in [0.2, 0.25) is 0 Å². The zero-order chi connectivity index (χ0) is 34.3. The van der Waals surface area contributed by atoms with E-state index in [-0.39, 0.29) is 23.0 Å². The molecule has 0 heterocycles. The average Bonchev–Trinajstić information content (AvgIpc) is 3.02. The van der Waals surface area contributed by atoms with Crippen molar-refractivity contribution in [2.24, 2.45) is 39.9 Å². The van der Waals surface area contributed by atoms with Crippen molar-refractivity contribution in [1.29, 1.82) is 0 Å². The molecular weight excluding hydrogens is 597 g/mol. The number of allylic oxidation sites excluding steroid dienone is 2. The Balaban J connectivity index is 1.39. The van der Waals surface area contributed by atoms with Gasteiger partial charge in [-0.2, -0.15) is 0 Å².